The molecule has 0 bridgehead atoms. The van der Waals surface area contributed by atoms with Crippen molar-refractivity contribution < 1.29 is 19.1 Å². The monoisotopic (exact) mass is 376 g/mol. The lowest BCUT2D eigenvalue weighted by Gasteiger charge is -2.22. The first-order valence-corrected chi connectivity index (χ1v) is 8.67. The van der Waals surface area contributed by atoms with Gasteiger partial charge in [0.05, 0.1) is 18.1 Å². The van der Waals surface area contributed by atoms with Crippen LogP contribution in [0.4, 0.5) is 0 Å². The van der Waals surface area contributed by atoms with Crippen molar-refractivity contribution in [1.82, 2.24) is 9.88 Å². The van der Waals surface area contributed by atoms with Crippen molar-refractivity contribution in [3.63, 3.8) is 0 Å². The summed E-state index contributed by atoms with van der Waals surface area (Å²) in [5.41, 5.74) is 0.912. The van der Waals surface area contributed by atoms with Crippen molar-refractivity contribution in [2.75, 3.05) is 19.8 Å². The summed E-state index contributed by atoms with van der Waals surface area (Å²) in [7, 11) is 0. The van der Waals surface area contributed by atoms with Gasteiger partial charge in [0.15, 0.2) is 6.61 Å². The molecule has 1 amide bonds. The Labute approximate surface area is 157 Å². The summed E-state index contributed by atoms with van der Waals surface area (Å²) in [6.45, 7) is 2.48. The Hall–Kier alpha value is -2.60. The van der Waals surface area contributed by atoms with Gasteiger partial charge in [-0.25, -0.2) is 0 Å². The third-order valence-corrected chi connectivity index (χ3v) is 3.87. The highest BCUT2D eigenvalue weighted by atomic mass is 35.5. The number of halogens is 1. The second-order valence-corrected chi connectivity index (χ2v) is 5.85. The number of rotatable bonds is 9. The molecular formula is C19H21ClN2O4. The molecule has 0 atom stereocenters. The molecule has 0 aliphatic heterocycles. The van der Waals surface area contributed by atoms with Gasteiger partial charge >= 0.3 is 5.97 Å². The van der Waals surface area contributed by atoms with Crippen LogP contribution in [-0.2, 0) is 20.9 Å². The standard InChI is InChI=1S/C19H21ClN2O4/c1-2-25-19(24)9-12-22(13-15-7-10-21-11-8-15)18(23)14-26-17-6-4-3-5-16(17)20/h3-8,10-11H,2,9,12-14H2,1H3. The van der Waals surface area contributed by atoms with Crippen LogP contribution in [0.5, 0.6) is 5.75 Å². The van der Waals surface area contributed by atoms with Crippen molar-refractivity contribution in [1.29, 1.82) is 0 Å². The van der Waals surface area contributed by atoms with Gasteiger partial charge in [-0.3, -0.25) is 14.6 Å². The summed E-state index contributed by atoms with van der Waals surface area (Å²) in [6.07, 6.45) is 3.43. The van der Waals surface area contributed by atoms with Gasteiger partial charge in [0.1, 0.15) is 5.75 Å². The van der Waals surface area contributed by atoms with Crippen molar-refractivity contribution in [2.24, 2.45) is 0 Å². The zero-order valence-corrected chi connectivity index (χ0v) is 15.3. The zero-order chi connectivity index (χ0) is 18.8. The summed E-state index contributed by atoms with van der Waals surface area (Å²) in [5, 5.41) is 0.438. The summed E-state index contributed by atoms with van der Waals surface area (Å²) in [6, 6.07) is 10.6. The highest BCUT2D eigenvalue weighted by molar-refractivity contribution is 6.32. The maximum Gasteiger partial charge on any atom is 0.307 e. The van der Waals surface area contributed by atoms with E-state index in [1.54, 1.807) is 48.5 Å². The molecule has 138 valence electrons. The maximum absolute atomic E-state index is 12.6. The molecule has 0 saturated carbocycles. The minimum absolute atomic E-state index is 0.122. The van der Waals surface area contributed by atoms with Gasteiger partial charge in [-0.2, -0.15) is 0 Å². The number of carbonyl (C=O) groups is 2. The number of amides is 1. The number of aromatic nitrogens is 1. The van der Waals surface area contributed by atoms with Gasteiger partial charge in [0.2, 0.25) is 0 Å². The molecule has 0 aliphatic carbocycles. The SMILES string of the molecule is CCOC(=O)CCN(Cc1ccncc1)C(=O)COc1ccccc1Cl. The van der Waals surface area contributed by atoms with Crippen LogP contribution in [0.3, 0.4) is 0 Å². The zero-order valence-electron chi connectivity index (χ0n) is 14.6. The largest absolute Gasteiger partial charge is 0.482 e. The van der Waals surface area contributed by atoms with Crippen LogP contribution >= 0.6 is 11.6 Å². The van der Waals surface area contributed by atoms with Gasteiger partial charge in [-0.15, -0.1) is 0 Å². The predicted molar refractivity (Wildman–Crippen MR) is 97.9 cm³/mol. The smallest absolute Gasteiger partial charge is 0.307 e. The molecule has 6 nitrogen and oxygen atoms in total. The van der Waals surface area contributed by atoms with E-state index in [-0.39, 0.29) is 31.4 Å². The number of para-hydroxylation sites is 1. The van der Waals surface area contributed by atoms with E-state index in [1.807, 2.05) is 12.1 Å². The third-order valence-electron chi connectivity index (χ3n) is 3.55. The second kappa shape index (κ2) is 10.4. The molecule has 1 heterocycles. The summed E-state index contributed by atoms with van der Waals surface area (Å²) >= 11 is 6.04. The lowest BCUT2D eigenvalue weighted by atomic mass is 10.2. The molecule has 1 aromatic carbocycles. The fourth-order valence-electron chi connectivity index (χ4n) is 2.25. The number of hydrogen-bond donors (Lipinski definition) is 0. The Balaban J connectivity index is 1.99. The first-order valence-electron chi connectivity index (χ1n) is 8.29. The van der Waals surface area contributed by atoms with Crippen molar-refractivity contribution in [3.05, 3.63) is 59.4 Å². The van der Waals surface area contributed by atoms with Gasteiger partial charge in [0.25, 0.3) is 5.91 Å². The lowest BCUT2D eigenvalue weighted by molar-refractivity contribution is -0.144. The molecule has 0 N–H and O–H groups in total. The van der Waals surface area contributed by atoms with Crippen LogP contribution in [0.15, 0.2) is 48.8 Å². The number of carbonyl (C=O) groups excluding carboxylic acids is 2. The Morgan fingerprint density at radius 3 is 2.58 bits per heavy atom. The number of pyridine rings is 1. The molecule has 7 heteroatoms. The fraction of sp³-hybridized carbons (Fsp3) is 0.316. The molecule has 0 aliphatic rings. The fourth-order valence-corrected chi connectivity index (χ4v) is 2.44. The van der Waals surface area contributed by atoms with Crippen molar-refractivity contribution >= 4 is 23.5 Å². The lowest BCUT2D eigenvalue weighted by Crippen LogP contribution is -2.36. The summed E-state index contributed by atoms with van der Waals surface area (Å²) < 4.78 is 10.5. The number of benzene rings is 1. The molecule has 1 aromatic heterocycles. The van der Waals surface area contributed by atoms with Crippen LogP contribution < -0.4 is 4.74 Å². The van der Waals surface area contributed by atoms with E-state index in [4.69, 9.17) is 21.1 Å². The molecule has 0 spiro atoms. The maximum atomic E-state index is 12.6. The average molecular weight is 377 g/mol. The minimum atomic E-state index is -0.341. The molecule has 0 unspecified atom stereocenters. The normalized spacial score (nSPS) is 10.2. The molecule has 2 aromatic rings. The second-order valence-electron chi connectivity index (χ2n) is 5.44. The number of ether oxygens (including phenoxy) is 2. The van der Waals surface area contributed by atoms with E-state index in [0.29, 0.717) is 23.9 Å². The molecule has 0 radical (unpaired) electrons. The Bertz CT molecular complexity index is 724. The molecular weight excluding hydrogens is 356 g/mol. The Morgan fingerprint density at radius 2 is 1.88 bits per heavy atom. The highest BCUT2D eigenvalue weighted by Crippen LogP contribution is 2.23. The molecule has 26 heavy (non-hydrogen) atoms. The van der Waals surface area contributed by atoms with Crippen molar-refractivity contribution in [2.45, 2.75) is 19.9 Å². The van der Waals surface area contributed by atoms with Crippen LogP contribution in [0.25, 0.3) is 0 Å². The Kier molecular flexibility index (Phi) is 7.89. The third kappa shape index (κ3) is 6.37. The van der Waals surface area contributed by atoms with Crippen LogP contribution in [0, 0.1) is 0 Å². The van der Waals surface area contributed by atoms with E-state index >= 15 is 0 Å². The van der Waals surface area contributed by atoms with Crippen LogP contribution in [0.1, 0.15) is 18.9 Å². The molecule has 2 rings (SSSR count). The molecule has 0 fully saturated rings. The van der Waals surface area contributed by atoms with E-state index in [1.165, 1.54) is 0 Å². The highest BCUT2D eigenvalue weighted by Gasteiger charge is 2.17. The Morgan fingerprint density at radius 1 is 1.15 bits per heavy atom. The van der Waals surface area contributed by atoms with E-state index in [9.17, 15) is 9.59 Å². The first kappa shape index (κ1) is 19.7. The van der Waals surface area contributed by atoms with Crippen molar-refractivity contribution in [3.8, 4) is 5.75 Å². The number of hydrogen-bond acceptors (Lipinski definition) is 5. The number of nitrogens with zero attached hydrogens (tertiary/aromatic N) is 2. The summed E-state index contributed by atoms with van der Waals surface area (Å²) in [4.78, 5) is 29.7. The quantitative estimate of drug-likeness (QED) is 0.629. The van der Waals surface area contributed by atoms with Gasteiger partial charge < -0.3 is 14.4 Å². The van der Waals surface area contributed by atoms with Gasteiger partial charge in [0, 0.05) is 25.5 Å². The van der Waals surface area contributed by atoms with Crippen LogP contribution in [0.2, 0.25) is 5.02 Å². The first-order chi connectivity index (χ1) is 12.6. The number of esters is 1. The average Bonchev–Trinajstić information content (AvgIpc) is 2.65. The van der Waals surface area contributed by atoms with E-state index in [2.05, 4.69) is 4.98 Å². The van der Waals surface area contributed by atoms with Gasteiger partial charge in [-0.1, -0.05) is 23.7 Å². The van der Waals surface area contributed by atoms with Crippen LogP contribution in [-0.4, -0.2) is 41.5 Å². The summed E-state index contributed by atoms with van der Waals surface area (Å²) in [5.74, 6) is -0.144. The topological polar surface area (TPSA) is 68.7 Å². The van der Waals surface area contributed by atoms with E-state index in [0.717, 1.165) is 5.56 Å². The predicted octanol–water partition coefficient (Wildman–Crippen LogP) is 3.10. The van der Waals surface area contributed by atoms with E-state index < -0.39 is 0 Å². The molecule has 0 saturated heterocycles. The minimum Gasteiger partial charge on any atom is -0.482 e. The van der Waals surface area contributed by atoms with Gasteiger partial charge in [-0.05, 0) is 36.8 Å².